The van der Waals surface area contributed by atoms with Gasteiger partial charge in [0.15, 0.2) is 11.2 Å². The van der Waals surface area contributed by atoms with E-state index in [0.717, 1.165) is 48.6 Å². The molecule has 4 heterocycles. The zero-order valence-corrected chi connectivity index (χ0v) is 19.3. The van der Waals surface area contributed by atoms with Crippen molar-refractivity contribution in [3.05, 3.63) is 55.9 Å². The van der Waals surface area contributed by atoms with Gasteiger partial charge in [-0.3, -0.25) is 19.2 Å². The Hall–Kier alpha value is -2.78. The predicted molar refractivity (Wildman–Crippen MR) is 127 cm³/mol. The monoisotopic (exact) mass is 452 g/mol. The molecule has 0 aliphatic carbocycles. The van der Waals surface area contributed by atoms with Gasteiger partial charge >= 0.3 is 5.69 Å². The molecule has 1 atom stereocenters. The fourth-order valence-electron chi connectivity index (χ4n) is 4.63. The molecule has 0 spiro atoms. The molecule has 3 aromatic heterocycles. The normalized spacial score (nSPS) is 17.5. The summed E-state index contributed by atoms with van der Waals surface area (Å²) in [6.07, 6.45) is 5.19. The van der Waals surface area contributed by atoms with Crippen LogP contribution in [-0.4, -0.2) is 35.5 Å². The Labute approximate surface area is 189 Å². The van der Waals surface area contributed by atoms with Gasteiger partial charge < -0.3 is 4.57 Å². The van der Waals surface area contributed by atoms with Gasteiger partial charge in [0.25, 0.3) is 5.56 Å². The fraction of sp³-hybridized carbons (Fsp3) is 0.478. The summed E-state index contributed by atoms with van der Waals surface area (Å²) in [6, 6.07) is 8.51. The largest absolute Gasteiger partial charge is 0.330 e. The zero-order valence-electron chi connectivity index (χ0n) is 18.5. The molecule has 168 valence electrons. The van der Waals surface area contributed by atoms with E-state index < -0.39 is 0 Å². The Kier molecular flexibility index (Phi) is 5.69. The van der Waals surface area contributed by atoms with Crippen LogP contribution in [0.25, 0.3) is 21.4 Å². The molecule has 1 N–H and O–H groups in total. The van der Waals surface area contributed by atoms with Gasteiger partial charge in [-0.2, -0.15) is 0 Å². The first-order chi connectivity index (χ1) is 15.6. The van der Waals surface area contributed by atoms with Crippen molar-refractivity contribution in [2.75, 3.05) is 6.54 Å². The number of rotatable bonds is 6. The Balaban J connectivity index is 1.52. The third-order valence-electron chi connectivity index (χ3n) is 6.39. The first-order valence-corrected chi connectivity index (χ1v) is 12.2. The summed E-state index contributed by atoms with van der Waals surface area (Å²) in [7, 11) is 1.87. The molecule has 1 saturated heterocycles. The van der Waals surface area contributed by atoms with Gasteiger partial charge in [0, 0.05) is 13.6 Å². The molecule has 32 heavy (non-hydrogen) atoms. The van der Waals surface area contributed by atoms with E-state index >= 15 is 0 Å². The number of likely N-dealkylation sites (tertiary alicyclic amines) is 1. The van der Waals surface area contributed by atoms with Crippen LogP contribution >= 0.6 is 11.3 Å². The molecule has 0 radical (unpaired) electrons. The smallest absolute Gasteiger partial charge is 0.324 e. The van der Waals surface area contributed by atoms with Crippen LogP contribution in [0.5, 0.6) is 0 Å². The lowest BCUT2D eigenvalue weighted by molar-refractivity contribution is 0.135. The number of fused-ring (bicyclic) bond motifs is 2. The maximum absolute atomic E-state index is 12.6. The molecule has 0 unspecified atom stereocenters. The van der Waals surface area contributed by atoms with Crippen molar-refractivity contribution in [3.63, 3.8) is 0 Å². The minimum Gasteiger partial charge on any atom is -0.324 e. The number of thiazole rings is 1. The van der Waals surface area contributed by atoms with Crippen molar-refractivity contribution >= 4 is 32.7 Å². The van der Waals surface area contributed by atoms with Gasteiger partial charge in [-0.1, -0.05) is 31.9 Å². The summed E-state index contributed by atoms with van der Waals surface area (Å²) in [4.78, 5) is 39.6. The van der Waals surface area contributed by atoms with Crippen LogP contribution in [0.2, 0.25) is 0 Å². The van der Waals surface area contributed by atoms with Crippen molar-refractivity contribution in [3.8, 4) is 0 Å². The number of aromatic nitrogens is 5. The first-order valence-electron chi connectivity index (χ1n) is 11.3. The molecule has 0 bridgehead atoms. The number of nitrogens with zero attached hydrogens (tertiary/aromatic N) is 5. The van der Waals surface area contributed by atoms with Gasteiger partial charge in [0.2, 0.25) is 0 Å². The molecule has 8 nitrogen and oxygen atoms in total. The SMILES string of the molecule is CCCCn1c(=O)[nH]c(=O)c2c1nc(CN1CCCC[C@H]1c1nc3ccccc3s1)n2C. The highest BCUT2D eigenvalue weighted by atomic mass is 32.1. The quantitative estimate of drug-likeness (QED) is 0.483. The van der Waals surface area contributed by atoms with Crippen molar-refractivity contribution in [1.82, 2.24) is 29.0 Å². The van der Waals surface area contributed by atoms with E-state index in [0.29, 0.717) is 24.3 Å². The minimum absolute atomic E-state index is 0.238. The Morgan fingerprint density at radius 2 is 2.03 bits per heavy atom. The van der Waals surface area contributed by atoms with E-state index in [1.807, 2.05) is 17.7 Å². The van der Waals surface area contributed by atoms with E-state index in [1.54, 1.807) is 15.9 Å². The third kappa shape index (κ3) is 3.69. The number of aryl methyl sites for hydroxylation is 2. The van der Waals surface area contributed by atoms with Crippen molar-refractivity contribution < 1.29 is 0 Å². The topological polar surface area (TPSA) is 88.8 Å². The number of nitrogens with one attached hydrogen (secondary N) is 1. The maximum atomic E-state index is 12.6. The number of unbranched alkanes of at least 4 members (excludes halogenated alkanes) is 1. The van der Waals surface area contributed by atoms with Crippen molar-refractivity contribution in [2.24, 2.45) is 7.05 Å². The van der Waals surface area contributed by atoms with Crippen LogP contribution < -0.4 is 11.2 Å². The summed E-state index contributed by atoms with van der Waals surface area (Å²) in [6.45, 7) is 4.21. The van der Waals surface area contributed by atoms with E-state index in [2.05, 4.69) is 35.0 Å². The van der Waals surface area contributed by atoms with E-state index in [1.165, 1.54) is 11.1 Å². The molecule has 0 saturated carbocycles. The molecule has 9 heteroatoms. The highest BCUT2D eigenvalue weighted by molar-refractivity contribution is 7.18. The van der Waals surface area contributed by atoms with Gasteiger partial charge in [0.1, 0.15) is 10.8 Å². The molecular formula is C23H28N6O2S. The summed E-state index contributed by atoms with van der Waals surface area (Å²) in [5, 5.41) is 1.14. The van der Waals surface area contributed by atoms with Gasteiger partial charge in [-0.05, 0) is 37.9 Å². The summed E-state index contributed by atoms with van der Waals surface area (Å²) in [5.74, 6) is 0.800. The van der Waals surface area contributed by atoms with Gasteiger partial charge in [-0.15, -0.1) is 11.3 Å². The Morgan fingerprint density at radius 3 is 2.84 bits per heavy atom. The lowest BCUT2D eigenvalue weighted by Gasteiger charge is -2.34. The van der Waals surface area contributed by atoms with E-state index in [-0.39, 0.29) is 17.3 Å². The number of piperidine rings is 1. The average molecular weight is 453 g/mol. The predicted octanol–water partition coefficient (Wildman–Crippen LogP) is 3.56. The van der Waals surface area contributed by atoms with Crippen LogP contribution in [0.4, 0.5) is 0 Å². The van der Waals surface area contributed by atoms with Crippen LogP contribution in [-0.2, 0) is 20.1 Å². The lowest BCUT2D eigenvalue weighted by atomic mass is 10.0. The zero-order chi connectivity index (χ0) is 22.2. The standard InChI is InChI=1S/C23H28N6O2S/c1-3-4-13-29-20-19(21(30)26-23(29)31)27(2)18(25-20)14-28-12-8-7-10-16(28)22-24-15-9-5-6-11-17(15)32-22/h5-6,9,11,16H,3-4,7-8,10,12-14H2,1-2H3,(H,26,30,31)/t16-/m0/s1. The summed E-state index contributed by atoms with van der Waals surface area (Å²) < 4.78 is 4.66. The number of hydrogen-bond donors (Lipinski definition) is 1. The summed E-state index contributed by atoms with van der Waals surface area (Å²) in [5.41, 5.74) is 1.24. The van der Waals surface area contributed by atoms with Gasteiger partial charge in [-0.25, -0.2) is 14.8 Å². The summed E-state index contributed by atoms with van der Waals surface area (Å²) >= 11 is 1.76. The van der Waals surface area contributed by atoms with E-state index in [9.17, 15) is 9.59 Å². The number of para-hydroxylation sites is 1. The average Bonchev–Trinajstić information content (AvgIpc) is 3.36. The molecular weight excluding hydrogens is 424 g/mol. The molecule has 0 amide bonds. The van der Waals surface area contributed by atoms with Crippen LogP contribution in [0, 0.1) is 0 Å². The lowest BCUT2D eigenvalue weighted by Crippen LogP contribution is -2.33. The highest BCUT2D eigenvalue weighted by Crippen LogP contribution is 2.36. The Morgan fingerprint density at radius 1 is 1.19 bits per heavy atom. The molecule has 1 aromatic carbocycles. The molecule has 1 aliphatic heterocycles. The Bertz CT molecular complexity index is 1350. The number of H-pyrrole nitrogens is 1. The highest BCUT2D eigenvalue weighted by Gasteiger charge is 2.28. The second kappa shape index (κ2) is 8.63. The van der Waals surface area contributed by atoms with Gasteiger partial charge in [0.05, 0.1) is 22.8 Å². The second-order valence-corrected chi connectivity index (χ2v) is 9.59. The van der Waals surface area contributed by atoms with E-state index in [4.69, 9.17) is 9.97 Å². The second-order valence-electron chi connectivity index (χ2n) is 8.53. The minimum atomic E-state index is -0.383. The number of hydrogen-bond acceptors (Lipinski definition) is 6. The number of imidazole rings is 1. The molecule has 1 fully saturated rings. The molecule has 4 aromatic rings. The third-order valence-corrected chi connectivity index (χ3v) is 7.53. The first kappa shape index (κ1) is 21.1. The number of aromatic amines is 1. The van der Waals surface area contributed by atoms with Crippen LogP contribution in [0.15, 0.2) is 33.9 Å². The fourth-order valence-corrected chi connectivity index (χ4v) is 5.77. The number of benzene rings is 1. The molecule has 1 aliphatic rings. The van der Waals surface area contributed by atoms with Crippen molar-refractivity contribution in [2.45, 2.75) is 58.2 Å². The van der Waals surface area contributed by atoms with Crippen LogP contribution in [0.3, 0.4) is 0 Å². The van der Waals surface area contributed by atoms with Crippen LogP contribution in [0.1, 0.15) is 55.9 Å². The van der Waals surface area contributed by atoms with Crippen molar-refractivity contribution in [1.29, 1.82) is 0 Å². The maximum Gasteiger partial charge on any atom is 0.330 e. The molecule has 5 rings (SSSR count).